The van der Waals surface area contributed by atoms with E-state index < -0.39 is 24.1 Å². The van der Waals surface area contributed by atoms with E-state index in [0.717, 1.165) is 18.2 Å². The van der Waals surface area contributed by atoms with Crippen molar-refractivity contribution in [3.05, 3.63) is 35.4 Å². The van der Waals surface area contributed by atoms with Gasteiger partial charge >= 0.3 is 12.1 Å². The second kappa shape index (κ2) is 4.86. The summed E-state index contributed by atoms with van der Waals surface area (Å²) in [4.78, 5) is 10.4. The third-order valence-electron chi connectivity index (χ3n) is 1.96. The van der Waals surface area contributed by atoms with Gasteiger partial charge in [-0.05, 0) is 12.1 Å². The predicted octanol–water partition coefficient (Wildman–Crippen LogP) is 2.36. The minimum Gasteiger partial charge on any atom is -0.481 e. The highest BCUT2D eigenvalue weighted by Crippen LogP contribution is 2.29. The van der Waals surface area contributed by atoms with Gasteiger partial charge in [0, 0.05) is 5.56 Å². The number of benzene rings is 1. The lowest BCUT2D eigenvalue weighted by molar-refractivity contribution is -0.137. The maximum Gasteiger partial charge on any atom is 0.416 e. The largest absolute Gasteiger partial charge is 0.481 e. The van der Waals surface area contributed by atoms with Gasteiger partial charge in [0.1, 0.15) is 0 Å². The first kappa shape index (κ1) is 13.0. The Morgan fingerprint density at radius 2 is 2.00 bits per heavy atom. The highest BCUT2D eigenvalue weighted by atomic mass is 19.4. The van der Waals surface area contributed by atoms with Crippen molar-refractivity contribution < 1.29 is 28.3 Å². The molecule has 0 aliphatic rings. The number of alkyl halides is 3. The number of rotatable bonds is 3. The number of oxime groups is 1. The number of hydrogen-bond acceptors (Lipinski definition) is 3. The molecular weight excluding hydrogens is 239 g/mol. The van der Waals surface area contributed by atoms with Crippen LogP contribution in [0.25, 0.3) is 0 Å². The average molecular weight is 247 g/mol. The molecule has 0 aromatic heterocycles. The Morgan fingerprint density at radius 3 is 2.47 bits per heavy atom. The molecule has 0 aliphatic heterocycles. The van der Waals surface area contributed by atoms with Crippen molar-refractivity contribution >= 4 is 11.7 Å². The fourth-order valence-electron chi connectivity index (χ4n) is 1.21. The maximum absolute atomic E-state index is 12.4. The predicted molar refractivity (Wildman–Crippen MR) is 52.0 cm³/mol. The fourth-order valence-corrected chi connectivity index (χ4v) is 1.21. The number of hydrogen-bond donors (Lipinski definition) is 2. The van der Waals surface area contributed by atoms with Crippen LogP contribution in [-0.2, 0) is 11.0 Å². The van der Waals surface area contributed by atoms with Gasteiger partial charge in [-0.2, -0.15) is 13.2 Å². The summed E-state index contributed by atoms with van der Waals surface area (Å²) in [6.07, 6.45) is -5.18. The smallest absolute Gasteiger partial charge is 0.416 e. The van der Waals surface area contributed by atoms with Crippen molar-refractivity contribution in [1.29, 1.82) is 0 Å². The van der Waals surface area contributed by atoms with E-state index in [1.54, 1.807) is 0 Å². The van der Waals surface area contributed by atoms with Crippen LogP contribution in [0.4, 0.5) is 13.2 Å². The van der Waals surface area contributed by atoms with E-state index in [1.165, 1.54) is 6.07 Å². The van der Waals surface area contributed by atoms with Gasteiger partial charge in [-0.3, -0.25) is 4.79 Å². The minimum absolute atomic E-state index is 0.0790. The Bertz CT molecular complexity index is 454. The van der Waals surface area contributed by atoms with Gasteiger partial charge in [-0.1, -0.05) is 17.3 Å². The number of nitrogens with zero attached hydrogens (tertiary/aromatic N) is 1. The second-order valence-electron chi connectivity index (χ2n) is 3.20. The van der Waals surface area contributed by atoms with E-state index in [2.05, 4.69) is 5.16 Å². The molecule has 1 aromatic rings. The van der Waals surface area contributed by atoms with Crippen LogP contribution in [0.5, 0.6) is 0 Å². The molecule has 92 valence electrons. The molecule has 0 saturated heterocycles. The monoisotopic (exact) mass is 247 g/mol. The van der Waals surface area contributed by atoms with Gasteiger partial charge < -0.3 is 10.3 Å². The van der Waals surface area contributed by atoms with Crippen molar-refractivity contribution in [3.8, 4) is 0 Å². The summed E-state index contributed by atoms with van der Waals surface area (Å²) in [7, 11) is 0. The lowest BCUT2D eigenvalue weighted by Crippen LogP contribution is -2.11. The number of aliphatic carboxylic acids is 1. The van der Waals surface area contributed by atoms with Crippen LogP contribution in [0, 0.1) is 0 Å². The van der Waals surface area contributed by atoms with Crippen LogP contribution in [0.1, 0.15) is 17.5 Å². The molecule has 0 heterocycles. The molecule has 4 nitrogen and oxygen atoms in total. The van der Waals surface area contributed by atoms with Crippen LogP contribution in [0.3, 0.4) is 0 Å². The van der Waals surface area contributed by atoms with E-state index in [4.69, 9.17) is 10.3 Å². The molecule has 0 atom stereocenters. The molecule has 17 heavy (non-hydrogen) atoms. The summed E-state index contributed by atoms with van der Waals surface area (Å²) < 4.78 is 37.1. The Kier molecular flexibility index (Phi) is 3.72. The third-order valence-corrected chi connectivity index (χ3v) is 1.96. The van der Waals surface area contributed by atoms with Crippen LogP contribution < -0.4 is 0 Å². The normalized spacial score (nSPS) is 12.5. The molecule has 0 spiro atoms. The summed E-state index contributed by atoms with van der Waals surface area (Å²) in [6.45, 7) is 0. The Balaban J connectivity index is 3.10. The molecule has 0 unspecified atom stereocenters. The van der Waals surface area contributed by atoms with Gasteiger partial charge in [-0.15, -0.1) is 0 Å². The molecule has 0 amide bonds. The minimum atomic E-state index is -4.53. The molecule has 7 heteroatoms. The van der Waals surface area contributed by atoms with Crippen molar-refractivity contribution in [3.63, 3.8) is 0 Å². The quantitative estimate of drug-likeness (QED) is 0.489. The van der Waals surface area contributed by atoms with E-state index in [9.17, 15) is 18.0 Å². The zero-order chi connectivity index (χ0) is 13.1. The summed E-state index contributed by atoms with van der Waals surface area (Å²) in [5.41, 5.74) is -1.34. The van der Waals surface area contributed by atoms with Crippen LogP contribution in [0.15, 0.2) is 29.4 Å². The second-order valence-corrected chi connectivity index (χ2v) is 3.20. The average Bonchev–Trinajstić information content (AvgIpc) is 2.24. The van der Waals surface area contributed by atoms with Crippen molar-refractivity contribution in [2.75, 3.05) is 0 Å². The van der Waals surface area contributed by atoms with Crippen molar-refractivity contribution in [2.24, 2.45) is 5.16 Å². The van der Waals surface area contributed by atoms with Gasteiger partial charge in [0.25, 0.3) is 0 Å². The zero-order valence-electron chi connectivity index (χ0n) is 8.40. The molecule has 0 bridgehead atoms. The van der Waals surface area contributed by atoms with Crippen LogP contribution >= 0.6 is 0 Å². The van der Waals surface area contributed by atoms with Crippen LogP contribution in [0.2, 0.25) is 0 Å². The molecule has 2 N–H and O–H groups in total. The molecule has 0 radical (unpaired) electrons. The molecule has 0 fully saturated rings. The summed E-state index contributed by atoms with van der Waals surface area (Å²) in [6, 6.07) is 3.94. The van der Waals surface area contributed by atoms with Gasteiger partial charge in [-0.25, -0.2) is 0 Å². The lowest BCUT2D eigenvalue weighted by atomic mass is 10.0. The van der Waals surface area contributed by atoms with E-state index >= 15 is 0 Å². The van der Waals surface area contributed by atoms with Crippen molar-refractivity contribution in [1.82, 2.24) is 0 Å². The van der Waals surface area contributed by atoms with Crippen molar-refractivity contribution in [2.45, 2.75) is 12.6 Å². The number of halogens is 3. The Hall–Kier alpha value is -2.05. The number of carboxylic acid groups (broad SMARTS) is 1. The molecular formula is C10H8F3NO3. The third kappa shape index (κ3) is 3.47. The SMILES string of the molecule is O=C(O)C/C(=N/O)c1cccc(C(F)(F)F)c1. The number of carbonyl (C=O) groups is 1. The molecule has 0 saturated carbocycles. The summed E-state index contributed by atoms with van der Waals surface area (Å²) >= 11 is 0. The zero-order valence-corrected chi connectivity index (χ0v) is 8.40. The Morgan fingerprint density at radius 1 is 1.35 bits per heavy atom. The van der Waals surface area contributed by atoms with Gasteiger partial charge in [0.2, 0.25) is 0 Å². The van der Waals surface area contributed by atoms with Crippen LogP contribution in [-0.4, -0.2) is 22.0 Å². The lowest BCUT2D eigenvalue weighted by Gasteiger charge is -2.08. The first-order valence-electron chi connectivity index (χ1n) is 4.45. The standard InChI is InChI=1S/C10H8F3NO3/c11-10(12,13)7-3-1-2-6(4-7)8(14-17)5-9(15)16/h1-4,17H,5H2,(H,15,16)/b14-8-. The summed E-state index contributed by atoms with van der Waals surface area (Å²) in [5.74, 6) is -1.30. The highest BCUT2D eigenvalue weighted by molar-refractivity contribution is 6.08. The molecule has 0 aliphatic carbocycles. The van der Waals surface area contributed by atoms with Gasteiger partial charge in [0.15, 0.2) is 0 Å². The fraction of sp³-hybridized carbons (Fsp3) is 0.200. The van der Waals surface area contributed by atoms with Gasteiger partial charge in [0.05, 0.1) is 17.7 Å². The first-order valence-corrected chi connectivity index (χ1v) is 4.45. The van der Waals surface area contributed by atoms with E-state index in [0.29, 0.717) is 0 Å². The van der Waals surface area contributed by atoms with E-state index in [1.807, 2.05) is 0 Å². The number of carboxylic acids is 1. The topological polar surface area (TPSA) is 69.9 Å². The maximum atomic E-state index is 12.4. The Labute approximate surface area is 94.0 Å². The molecule has 1 rings (SSSR count). The highest BCUT2D eigenvalue weighted by Gasteiger charge is 2.30. The first-order chi connectivity index (χ1) is 7.84. The summed E-state index contributed by atoms with van der Waals surface area (Å²) in [5, 5.41) is 19.7. The van der Waals surface area contributed by atoms with E-state index in [-0.39, 0.29) is 11.3 Å². The molecule has 1 aromatic carbocycles.